The molecule has 4 heterocycles. The van der Waals surface area contributed by atoms with E-state index in [1.165, 1.54) is 0 Å². The Kier molecular flexibility index (Phi) is 5.05. The number of hydrogen-bond donors (Lipinski definition) is 2. The van der Waals surface area contributed by atoms with E-state index in [1.54, 1.807) is 41.4 Å². The van der Waals surface area contributed by atoms with Crippen molar-refractivity contribution in [3.63, 3.8) is 0 Å². The van der Waals surface area contributed by atoms with Gasteiger partial charge in [0.1, 0.15) is 11.3 Å². The van der Waals surface area contributed by atoms with Gasteiger partial charge in [-0.25, -0.2) is 4.79 Å². The number of aryl methyl sites for hydroxylation is 1. The minimum absolute atomic E-state index is 0.105. The number of fused-ring (bicyclic) bond motifs is 2. The van der Waals surface area contributed by atoms with Crippen molar-refractivity contribution in [2.75, 3.05) is 6.54 Å². The summed E-state index contributed by atoms with van der Waals surface area (Å²) in [6, 6.07) is 17.6. The molecule has 2 aromatic carbocycles. The van der Waals surface area contributed by atoms with Gasteiger partial charge >= 0.3 is 6.03 Å². The van der Waals surface area contributed by atoms with E-state index in [-0.39, 0.29) is 18.2 Å². The van der Waals surface area contributed by atoms with Crippen LogP contribution in [0.5, 0.6) is 0 Å². The third-order valence-corrected chi connectivity index (χ3v) is 6.96. The Labute approximate surface area is 211 Å². The van der Waals surface area contributed by atoms with Crippen molar-refractivity contribution < 1.29 is 18.8 Å². The first-order valence-corrected chi connectivity index (χ1v) is 11.9. The highest BCUT2D eigenvalue weighted by atomic mass is 16.3. The average Bonchev–Trinajstić information content (AvgIpc) is 3.57. The lowest BCUT2D eigenvalue weighted by atomic mass is 9.94. The number of carbonyl (C=O) groups excluding carboxylic acids is 3. The Morgan fingerprint density at radius 2 is 2.00 bits per heavy atom. The molecule has 2 aliphatic rings. The number of amides is 4. The van der Waals surface area contributed by atoms with Gasteiger partial charge in [-0.1, -0.05) is 31.2 Å². The first-order valence-electron chi connectivity index (χ1n) is 11.9. The number of pyridine rings is 1. The van der Waals surface area contributed by atoms with E-state index in [4.69, 9.17) is 4.42 Å². The molecular formula is C28H21N5O4. The van der Waals surface area contributed by atoms with Crippen molar-refractivity contribution in [1.29, 1.82) is 5.26 Å². The molecule has 0 unspecified atom stereocenters. The van der Waals surface area contributed by atoms with E-state index < -0.39 is 17.5 Å². The number of nitrogens with zero attached hydrogens (tertiary/aromatic N) is 3. The van der Waals surface area contributed by atoms with Gasteiger partial charge in [-0.2, -0.15) is 5.26 Å². The summed E-state index contributed by atoms with van der Waals surface area (Å²) in [5, 5.41) is 14.9. The maximum atomic E-state index is 13.3. The number of carbonyl (C=O) groups is 3. The zero-order valence-electron chi connectivity index (χ0n) is 19.9. The average molecular weight is 492 g/mol. The van der Waals surface area contributed by atoms with Crippen molar-refractivity contribution in [2.45, 2.75) is 25.4 Å². The summed E-state index contributed by atoms with van der Waals surface area (Å²) in [6.07, 6.45) is 2.38. The van der Waals surface area contributed by atoms with Gasteiger partial charge in [0.2, 0.25) is 0 Å². The smallest absolute Gasteiger partial charge is 0.322 e. The molecule has 37 heavy (non-hydrogen) atoms. The zero-order valence-corrected chi connectivity index (χ0v) is 19.9. The third kappa shape index (κ3) is 3.53. The Morgan fingerprint density at radius 1 is 1.14 bits per heavy atom. The minimum atomic E-state index is -1.62. The number of rotatable bonds is 5. The first kappa shape index (κ1) is 22.5. The van der Waals surface area contributed by atoms with Crippen LogP contribution in [0.3, 0.4) is 0 Å². The number of nitrogens with one attached hydrogen (secondary N) is 2. The van der Waals surface area contributed by atoms with Crippen LogP contribution in [0.25, 0.3) is 22.2 Å². The number of aromatic nitrogens is 1. The molecule has 0 saturated carbocycles. The third-order valence-electron chi connectivity index (χ3n) is 6.96. The minimum Gasteiger partial charge on any atom is -0.458 e. The lowest BCUT2D eigenvalue weighted by Crippen LogP contribution is -2.52. The largest absolute Gasteiger partial charge is 0.458 e. The van der Waals surface area contributed by atoms with E-state index >= 15 is 0 Å². The maximum Gasteiger partial charge on any atom is 0.322 e. The van der Waals surface area contributed by atoms with Crippen molar-refractivity contribution in [1.82, 2.24) is 20.5 Å². The molecule has 2 aromatic heterocycles. The second-order valence-electron chi connectivity index (χ2n) is 9.19. The molecular weight excluding hydrogens is 470 g/mol. The van der Waals surface area contributed by atoms with Crippen LogP contribution >= 0.6 is 0 Å². The highest BCUT2D eigenvalue weighted by Gasteiger charge is 2.53. The van der Waals surface area contributed by atoms with E-state index in [9.17, 15) is 19.6 Å². The Hall–Kier alpha value is -4.97. The topological polar surface area (TPSA) is 128 Å². The van der Waals surface area contributed by atoms with Crippen LogP contribution in [0.2, 0.25) is 0 Å². The second kappa shape index (κ2) is 8.31. The van der Waals surface area contributed by atoms with E-state index in [2.05, 4.69) is 21.7 Å². The monoisotopic (exact) mass is 491 g/mol. The van der Waals surface area contributed by atoms with E-state index in [1.807, 2.05) is 31.2 Å². The Morgan fingerprint density at radius 3 is 2.76 bits per heavy atom. The Bertz CT molecular complexity index is 1670. The molecule has 4 aromatic rings. The van der Waals surface area contributed by atoms with Crippen molar-refractivity contribution in [3.8, 4) is 17.3 Å². The van der Waals surface area contributed by atoms with Gasteiger partial charge in [-0.05, 0) is 47.9 Å². The van der Waals surface area contributed by atoms with Crippen LogP contribution in [-0.2, 0) is 23.3 Å². The van der Waals surface area contributed by atoms with Gasteiger partial charge in [0.15, 0.2) is 5.54 Å². The number of hydrogen-bond acceptors (Lipinski definition) is 6. The number of imide groups is 1. The lowest BCUT2D eigenvalue weighted by molar-refractivity contribution is -0.125. The first-order chi connectivity index (χ1) is 17.9. The van der Waals surface area contributed by atoms with Crippen LogP contribution in [0, 0.1) is 11.3 Å². The van der Waals surface area contributed by atoms with Crippen molar-refractivity contribution >= 4 is 28.8 Å². The number of nitriles is 1. The van der Waals surface area contributed by atoms with Crippen molar-refractivity contribution in [3.05, 3.63) is 88.8 Å². The molecule has 182 valence electrons. The lowest BCUT2D eigenvalue weighted by Gasteiger charge is -2.29. The van der Waals surface area contributed by atoms with E-state index in [0.717, 1.165) is 17.5 Å². The molecule has 2 aliphatic heterocycles. The zero-order chi connectivity index (χ0) is 25.7. The fourth-order valence-corrected chi connectivity index (χ4v) is 5.04. The van der Waals surface area contributed by atoms with Crippen LogP contribution in [-0.4, -0.2) is 34.3 Å². The highest BCUT2D eigenvalue weighted by molar-refractivity contribution is 6.08. The standard InChI is InChI=1S/C28H21N5O4/c1-2-16-6-7-19-14-33(25(34)20(19)11-16)15-28(26(35)31-27(36)32-28)23-12-21-22(37-23)8-9-30-24(21)18-5-3-4-17(10-18)13-29/h3-12H,2,14-15H2,1H3,(H2,31,32,35,36)/t28-/m0/s1. The molecule has 1 fully saturated rings. The fraction of sp³-hybridized carbons (Fsp3) is 0.179. The summed E-state index contributed by atoms with van der Waals surface area (Å²) < 4.78 is 6.13. The SMILES string of the molecule is CCc1ccc2c(c1)C(=O)N(C[C@@]1(c3cc4c(-c5cccc(C#N)c5)nccc4o3)NC(=O)NC1=O)C2. The van der Waals surface area contributed by atoms with Gasteiger partial charge in [0, 0.05) is 29.3 Å². The molecule has 0 spiro atoms. The molecule has 6 rings (SSSR count). The molecule has 0 aliphatic carbocycles. The second-order valence-corrected chi connectivity index (χ2v) is 9.19. The molecule has 1 saturated heterocycles. The van der Waals surface area contributed by atoms with Gasteiger partial charge in [0.05, 0.1) is 23.9 Å². The molecule has 0 bridgehead atoms. The van der Waals surface area contributed by atoms with E-state index in [0.29, 0.717) is 39.9 Å². The van der Waals surface area contributed by atoms with Crippen LogP contribution in [0.4, 0.5) is 4.79 Å². The predicted octanol–water partition coefficient (Wildman–Crippen LogP) is 3.62. The fourth-order valence-electron chi connectivity index (χ4n) is 5.04. The van der Waals surface area contributed by atoms with Crippen molar-refractivity contribution in [2.24, 2.45) is 0 Å². The van der Waals surface area contributed by atoms with Crippen LogP contribution in [0.1, 0.15) is 39.7 Å². The van der Waals surface area contributed by atoms with Gasteiger partial charge < -0.3 is 14.6 Å². The number of furan rings is 1. The summed E-state index contributed by atoms with van der Waals surface area (Å²) >= 11 is 0. The van der Waals surface area contributed by atoms with Gasteiger partial charge in [0.25, 0.3) is 11.8 Å². The summed E-state index contributed by atoms with van der Waals surface area (Å²) in [7, 11) is 0. The molecule has 2 N–H and O–H groups in total. The number of urea groups is 1. The maximum absolute atomic E-state index is 13.3. The summed E-state index contributed by atoms with van der Waals surface area (Å²) in [5.41, 5.74) is 3.13. The Balaban J connectivity index is 1.43. The quantitative estimate of drug-likeness (QED) is 0.411. The highest BCUT2D eigenvalue weighted by Crippen LogP contribution is 2.37. The summed E-state index contributed by atoms with van der Waals surface area (Å²) in [5.74, 6) is -0.615. The van der Waals surface area contributed by atoms with Crippen LogP contribution < -0.4 is 10.6 Å². The predicted molar refractivity (Wildman–Crippen MR) is 133 cm³/mol. The summed E-state index contributed by atoms with van der Waals surface area (Å²) in [4.78, 5) is 44.9. The molecule has 0 radical (unpaired) electrons. The normalized spacial score (nSPS) is 18.6. The van der Waals surface area contributed by atoms with Gasteiger partial charge in [-0.3, -0.25) is 19.9 Å². The molecule has 9 heteroatoms. The number of benzene rings is 2. The molecule has 1 atom stereocenters. The van der Waals surface area contributed by atoms with Crippen LogP contribution in [0.15, 0.2) is 65.2 Å². The molecule has 9 nitrogen and oxygen atoms in total. The van der Waals surface area contributed by atoms with Gasteiger partial charge in [-0.15, -0.1) is 0 Å². The molecule has 4 amide bonds. The summed E-state index contributed by atoms with van der Waals surface area (Å²) in [6.45, 7) is 2.23.